The van der Waals surface area contributed by atoms with E-state index in [4.69, 9.17) is 11.6 Å². The van der Waals surface area contributed by atoms with E-state index in [-0.39, 0.29) is 79.0 Å². The number of aromatic nitrogens is 11. The summed E-state index contributed by atoms with van der Waals surface area (Å²) in [7, 11) is 9.61. The molecule has 27 heteroatoms. The van der Waals surface area contributed by atoms with Crippen LogP contribution in [0.4, 0.5) is 23.4 Å². The molecule has 0 unspecified atom stereocenters. The third-order valence-electron chi connectivity index (χ3n) is 23.9. The molecule has 0 aliphatic carbocycles. The van der Waals surface area contributed by atoms with E-state index in [1.165, 1.54) is 18.2 Å². The quantitative estimate of drug-likeness (QED) is 0.0821. The third-order valence-corrected chi connectivity index (χ3v) is 24.3. The lowest BCUT2D eigenvalue weighted by atomic mass is 10.0. The van der Waals surface area contributed by atoms with Crippen LogP contribution in [0.15, 0.2) is 293 Å². The van der Waals surface area contributed by atoms with Gasteiger partial charge in [-0.3, -0.25) is 58.3 Å². The molecule has 0 spiro atoms. The van der Waals surface area contributed by atoms with Crippen LogP contribution >= 0.6 is 11.6 Å². The number of pyridine rings is 6. The Morgan fingerprint density at radius 1 is 0.364 bits per heavy atom. The topological polar surface area (TPSA) is 223 Å². The maximum absolute atomic E-state index is 14.8. The predicted octanol–water partition coefficient (Wildman–Crippen LogP) is 19.6. The van der Waals surface area contributed by atoms with Crippen LogP contribution in [-0.4, -0.2) is 122 Å². The van der Waals surface area contributed by atoms with Crippen molar-refractivity contribution in [3.8, 4) is 55.6 Å². The fourth-order valence-corrected chi connectivity index (χ4v) is 17.1. The Hall–Kier alpha value is -16.0. The van der Waals surface area contributed by atoms with Crippen molar-refractivity contribution in [3.05, 3.63) is 410 Å². The van der Waals surface area contributed by atoms with Crippen molar-refractivity contribution in [1.82, 2.24) is 78.5 Å². The maximum atomic E-state index is 14.8. The Balaban J connectivity index is 0.000000111. The minimum Gasteiger partial charge on any atom is -0.363 e. The minimum atomic E-state index is -0.326. The molecule has 0 saturated heterocycles. The molecule has 0 atom stereocenters. The molecular weight excluding hydrogens is 1690 g/mol. The Kier molecular flexibility index (Phi) is 24.6. The van der Waals surface area contributed by atoms with E-state index in [0.29, 0.717) is 89.2 Å². The normalized spacial score (nSPS) is 13.3. The monoisotopic (exact) mass is 1780 g/mol. The molecule has 656 valence electrons. The number of rotatable bonds is 16. The van der Waals surface area contributed by atoms with Gasteiger partial charge in [-0.1, -0.05) is 133 Å². The molecule has 0 saturated carbocycles. The van der Waals surface area contributed by atoms with Gasteiger partial charge in [0.05, 0.1) is 29.5 Å². The second-order valence-corrected chi connectivity index (χ2v) is 33.7. The number of amides is 5. The zero-order valence-electron chi connectivity index (χ0n) is 72.8. The number of benzene rings is 8. The molecule has 0 N–H and O–H groups in total. The van der Waals surface area contributed by atoms with E-state index < -0.39 is 0 Å². The summed E-state index contributed by atoms with van der Waals surface area (Å²) in [6, 6.07) is 68.8. The highest BCUT2D eigenvalue weighted by Gasteiger charge is 2.34. The molecule has 22 rings (SSSR count). The second-order valence-electron chi connectivity index (χ2n) is 33.3. The highest BCUT2D eigenvalue weighted by molar-refractivity contribution is 6.31. The molecule has 8 aromatic carbocycles. The summed E-state index contributed by atoms with van der Waals surface area (Å²) >= 11 is 6.52. The summed E-state index contributed by atoms with van der Waals surface area (Å²) in [5.41, 5.74) is 22.0. The van der Waals surface area contributed by atoms with E-state index >= 15 is 0 Å². The van der Waals surface area contributed by atoms with Crippen molar-refractivity contribution >= 4 is 68.8 Å². The summed E-state index contributed by atoms with van der Waals surface area (Å²) in [5.74, 6) is -0.840. The van der Waals surface area contributed by atoms with Crippen LogP contribution in [0.2, 0.25) is 5.02 Å². The highest BCUT2D eigenvalue weighted by Crippen LogP contribution is 2.36. The number of fused-ring (bicyclic) bond motifs is 7. The molecule has 9 aromatic heterocycles. The van der Waals surface area contributed by atoms with Gasteiger partial charge in [0.1, 0.15) is 46.2 Å². The fraction of sp³-hybridized carbons (Fsp3) is 0.152. The summed E-state index contributed by atoms with van der Waals surface area (Å²) in [5, 5.41) is 11.4. The van der Waals surface area contributed by atoms with E-state index in [9.17, 15) is 41.5 Å². The summed E-state index contributed by atoms with van der Waals surface area (Å²) in [6.07, 6.45) is 19.3. The zero-order valence-corrected chi connectivity index (χ0v) is 73.6. The first kappa shape index (κ1) is 86.8. The fourth-order valence-electron chi connectivity index (χ4n) is 16.9. The molecule has 132 heavy (non-hydrogen) atoms. The number of hydrogen-bond donors (Lipinski definition) is 0. The molecule has 0 fully saturated rings. The van der Waals surface area contributed by atoms with E-state index in [1.54, 1.807) is 126 Å². The van der Waals surface area contributed by atoms with Gasteiger partial charge < -0.3 is 34.0 Å². The van der Waals surface area contributed by atoms with Gasteiger partial charge in [-0.25, -0.2) is 22.5 Å². The number of halogens is 5. The van der Waals surface area contributed by atoms with Crippen molar-refractivity contribution in [2.75, 3.05) is 19.0 Å². The van der Waals surface area contributed by atoms with Gasteiger partial charge in [-0.2, -0.15) is 10.2 Å². The van der Waals surface area contributed by atoms with Gasteiger partial charge in [-0.05, 0) is 171 Å². The molecule has 22 nitrogen and oxygen atoms in total. The van der Waals surface area contributed by atoms with Crippen molar-refractivity contribution < 1.29 is 41.5 Å². The molecule has 17 aromatic rings. The number of carbonyl (C=O) groups is 5. The van der Waals surface area contributed by atoms with Crippen LogP contribution in [0.5, 0.6) is 0 Å². The average molecular weight is 1780 g/mol. The predicted molar refractivity (Wildman–Crippen MR) is 498 cm³/mol. The Morgan fingerprint density at radius 3 is 1.30 bits per heavy atom. The standard InChI is InChI=1S/C24H19FN2O.C22H17FN4O.C21H19ClN4O.C20H16FN3O.C18H15FN4O/c1-26-11-10-16-6-7-18(13-23(16)26)17-8-9-20(22(25)12-17)15-27-14-19-4-2-3-5-21(19)24(27)28;1-26-11-17-7-5-15(10-20(17)25-26)14-4-6-16(19(23)9-14)12-27-13-18-3-2-8-24-21(18)22(27)28;1-25(2)19-8-7-15(11-24-19)14-5-6-16(18(22)10-14)12-26-13-17-4-3-9-23-20(17)21(26)27;1-13-7-17(10-22-9-13)14-4-5-15(18(21)8-14)11-24-12-16-3-2-6-23-19(16)20(24)25;1-22-9-14(8-21-22)12-4-5-13(16(19)7-12)10-23-11-17-15(18(23)24)3-2-6-20-17/h2-13H,14-15H2,1H3;2-11H,12-13H2,1H3;3-11H,12-13H2,1-2H3;2-10H,11-12H2,1H3;2-9H,10-11H2,1H3. The van der Waals surface area contributed by atoms with Crippen LogP contribution in [0.3, 0.4) is 0 Å². The van der Waals surface area contributed by atoms with E-state index in [1.807, 2.05) is 211 Å². The Labute approximate surface area is 763 Å². The molecule has 5 aliphatic rings. The van der Waals surface area contributed by atoms with Crippen molar-refractivity contribution in [3.63, 3.8) is 0 Å². The largest absolute Gasteiger partial charge is 0.363 e. The van der Waals surface area contributed by atoms with Crippen LogP contribution in [-0.2, 0) is 86.6 Å². The van der Waals surface area contributed by atoms with Gasteiger partial charge in [0.2, 0.25) is 0 Å². The first-order chi connectivity index (χ1) is 63.9. The molecule has 14 heterocycles. The first-order valence-electron chi connectivity index (χ1n) is 42.7. The van der Waals surface area contributed by atoms with E-state index in [0.717, 1.165) is 128 Å². The molecule has 5 aliphatic heterocycles. The van der Waals surface area contributed by atoms with Crippen LogP contribution < -0.4 is 4.90 Å². The lowest BCUT2D eigenvalue weighted by Gasteiger charge is -2.17. The maximum Gasteiger partial charge on any atom is 0.273 e. The molecular formula is C105H86ClF4N17O5. The first-order valence-corrected chi connectivity index (χ1v) is 43.1. The Bertz CT molecular complexity index is 7360. The summed E-state index contributed by atoms with van der Waals surface area (Å²) in [6.45, 7) is 5.80. The number of aryl methyl sites for hydroxylation is 4. The van der Waals surface area contributed by atoms with Gasteiger partial charge in [-0.15, -0.1) is 0 Å². The number of nitrogens with zero attached hydrogens (tertiary/aromatic N) is 17. The van der Waals surface area contributed by atoms with Crippen molar-refractivity contribution in [2.45, 2.75) is 72.4 Å². The van der Waals surface area contributed by atoms with Crippen molar-refractivity contribution in [2.24, 2.45) is 21.1 Å². The molecule has 0 radical (unpaired) electrons. The highest BCUT2D eigenvalue weighted by atomic mass is 35.5. The molecule has 5 amide bonds. The van der Waals surface area contributed by atoms with Crippen LogP contribution in [0, 0.1) is 30.2 Å². The van der Waals surface area contributed by atoms with Gasteiger partial charge >= 0.3 is 0 Å². The van der Waals surface area contributed by atoms with Crippen molar-refractivity contribution in [1.29, 1.82) is 0 Å². The zero-order chi connectivity index (χ0) is 91.5. The number of anilines is 1. The van der Waals surface area contributed by atoms with Crippen LogP contribution in [0.1, 0.15) is 114 Å². The lowest BCUT2D eigenvalue weighted by Crippen LogP contribution is -2.24. The number of hydrogen-bond acceptors (Lipinski definition) is 14. The summed E-state index contributed by atoms with van der Waals surface area (Å²) in [4.78, 5) is 97.7. The van der Waals surface area contributed by atoms with Gasteiger partial charge in [0.25, 0.3) is 29.5 Å². The minimum absolute atomic E-state index is 0.0340. The second kappa shape index (κ2) is 37.4. The SMILES string of the molecule is CN(C)c1ccc(-c2ccc(CN3Cc4cccnc4C3=O)c(Cl)c2)cn1.Cc1cncc(-c2ccc(CN3Cc4cccnc4C3=O)c(F)c2)c1.Cn1cc(-c2ccc(CN3Cc4ncccc4C3=O)c(F)c2)cn1.Cn1cc2ccc(-c3ccc(CN4Cc5cccnc5C4=O)c(F)c3)cc2n1.Cn1ccc2ccc(-c3ccc(CN4Cc5ccccc5C4=O)c(F)c3)cc21. The number of carbonyl (C=O) groups excluding carboxylic acids is 5. The van der Waals surface area contributed by atoms with E-state index in [2.05, 4.69) is 62.9 Å². The summed E-state index contributed by atoms with van der Waals surface area (Å²) < 4.78 is 64.2. The third kappa shape index (κ3) is 18.6. The Morgan fingerprint density at radius 2 is 0.803 bits per heavy atom. The average Bonchev–Trinajstić information content (AvgIpc) is 1.68. The van der Waals surface area contributed by atoms with Gasteiger partial charge in [0.15, 0.2) is 0 Å². The lowest BCUT2D eigenvalue weighted by molar-refractivity contribution is 0.0754. The smallest absolute Gasteiger partial charge is 0.273 e. The molecule has 0 bridgehead atoms. The van der Waals surface area contributed by atoms with Gasteiger partial charge in [0, 0.05) is 233 Å². The van der Waals surface area contributed by atoms with Crippen LogP contribution in [0.25, 0.3) is 77.4 Å².